The van der Waals surface area contributed by atoms with E-state index in [2.05, 4.69) is 20.9 Å². The Hall–Kier alpha value is -2.74. The number of halogens is 3. The van der Waals surface area contributed by atoms with E-state index in [1.165, 1.54) is 19.3 Å². The summed E-state index contributed by atoms with van der Waals surface area (Å²) in [6, 6.07) is 11.8. The summed E-state index contributed by atoms with van der Waals surface area (Å²) < 4.78 is 38.6. The predicted molar refractivity (Wildman–Crippen MR) is 101 cm³/mol. The van der Waals surface area contributed by atoms with Gasteiger partial charge in [0.2, 0.25) is 0 Å². The van der Waals surface area contributed by atoms with Crippen molar-refractivity contribution in [2.24, 2.45) is 0 Å². The number of rotatable bonds is 6. The Morgan fingerprint density at radius 2 is 2.07 bits per heavy atom. The van der Waals surface area contributed by atoms with Crippen molar-refractivity contribution in [1.82, 2.24) is 9.55 Å². The molecule has 0 saturated carbocycles. The number of methoxy groups -OCH3 is 1. The zero-order valence-electron chi connectivity index (χ0n) is 14.2. The number of imidazole rings is 1. The van der Waals surface area contributed by atoms with Gasteiger partial charge in [-0.05, 0) is 36.4 Å². The topological polar surface area (TPSA) is 53.4 Å². The number of nitrogens with zero attached hydrogens (tertiary/aromatic N) is 2. The zero-order valence-corrected chi connectivity index (χ0v) is 15.8. The lowest BCUT2D eigenvalue weighted by atomic mass is 10.2. The molecule has 0 atom stereocenters. The third-order valence-electron chi connectivity index (χ3n) is 3.80. The predicted octanol–water partition coefficient (Wildman–Crippen LogP) is 4.96. The van der Waals surface area contributed by atoms with Gasteiger partial charge in [0.1, 0.15) is 12.4 Å². The number of ether oxygens (including phenoxy) is 2. The van der Waals surface area contributed by atoms with Gasteiger partial charge in [0, 0.05) is 16.1 Å². The van der Waals surface area contributed by atoms with E-state index < -0.39 is 12.5 Å². The number of carbonyl (C=O) groups is 1. The Kier molecular flexibility index (Phi) is 5.85. The standard InChI is InChI=1S/C19H15BrF2N2O3/c1-26-16-8-7-13(20)10-12(16)6-9-18(25)27-11-17-23-14-4-2-3-5-15(14)24(17)19(21)22/h2-10,19H,11H2,1H3/b9-6+. The average molecular weight is 437 g/mol. The second-order valence-electron chi connectivity index (χ2n) is 5.49. The Labute approximate surface area is 162 Å². The van der Waals surface area contributed by atoms with Crippen LogP contribution in [0.3, 0.4) is 0 Å². The Bertz CT molecular complexity index is 1000. The lowest BCUT2D eigenvalue weighted by Crippen LogP contribution is -2.09. The van der Waals surface area contributed by atoms with Gasteiger partial charge < -0.3 is 9.47 Å². The Morgan fingerprint density at radius 1 is 1.30 bits per heavy atom. The first kappa shape index (κ1) is 19.0. The number of alkyl halides is 2. The summed E-state index contributed by atoms with van der Waals surface area (Å²) in [6.07, 6.45) is 2.74. The van der Waals surface area contributed by atoms with E-state index in [0.29, 0.717) is 16.8 Å². The fourth-order valence-corrected chi connectivity index (χ4v) is 2.97. The molecule has 0 unspecified atom stereocenters. The molecule has 0 spiro atoms. The quantitative estimate of drug-likeness (QED) is 0.404. The van der Waals surface area contributed by atoms with E-state index in [0.717, 1.165) is 9.04 Å². The smallest absolute Gasteiger partial charge is 0.331 e. The van der Waals surface area contributed by atoms with E-state index in [1.54, 1.807) is 36.4 Å². The second-order valence-corrected chi connectivity index (χ2v) is 6.41. The second kappa shape index (κ2) is 8.30. The largest absolute Gasteiger partial charge is 0.496 e. The number of hydrogen-bond donors (Lipinski definition) is 0. The molecule has 2 aromatic carbocycles. The minimum absolute atomic E-state index is 0.0204. The van der Waals surface area contributed by atoms with Gasteiger partial charge in [-0.3, -0.25) is 4.57 Å². The van der Waals surface area contributed by atoms with E-state index in [-0.39, 0.29) is 17.9 Å². The number of hydrogen-bond acceptors (Lipinski definition) is 4. The summed E-state index contributed by atoms with van der Waals surface area (Å²) in [5.74, 6) is -0.111. The molecule has 140 valence electrons. The van der Waals surface area contributed by atoms with Gasteiger partial charge in [0.05, 0.1) is 18.1 Å². The van der Waals surface area contributed by atoms with Gasteiger partial charge in [-0.25, -0.2) is 9.78 Å². The highest BCUT2D eigenvalue weighted by Crippen LogP contribution is 2.25. The van der Waals surface area contributed by atoms with Crippen LogP contribution in [0.2, 0.25) is 0 Å². The van der Waals surface area contributed by atoms with E-state index >= 15 is 0 Å². The number of fused-ring (bicyclic) bond motifs is 1. The van der Waals surface area contributed by atoms with Crippen molar-refractivity contribution in [1.29, 1.82) is 0 Å². The van der Waals surface area contributed by atoms with Crippen LogP contribution in [0.1, 0.15) is 17.9 Å². The maximum atomic E-state index is 13.4. The molecular weight excluding hydrogens is 422 g/mol. The Balaban J connectivity index is 1.74. The molecule has 0 N–H and O–H groups in total. The van der Waals surface area contributed by atoms with Gasteiger partial charge in [-0.1, -0.05) is 28.1 Å². The van der Waals surface area contributed by atoms with Crippen LogP contribution in [0.5, 0.6) is 5.75 Å². The monoisotopic (exact) mass is 436 g/mol. The molecule has 5 nitrogen and oxygen atoms in total. The highest BCUT2D eigenvalue weighted by molar-refractivity contribution is 9.10. The molecule has 8 heteroatoms. The molecular formula is C19H15BrF2N2O3. The molecule has 0 radical (unpaired) electrons. The van der Waals surface area contributed by atoms with Crippen LogP contribution in [0.15, 0.2) is 53.0 Å². The van der Waals surface area contributed by atoms with Crippen molar-refractivity contribution in [2.75, 3.05) is 7.11 Å². The number of carbonyl (C=O) groups excluding carboxylic acids is 1. The molecule has 0 bridgehead atoms. The van der Waals surface area contributed by atoms with Gasteiger partial charge in [-0.15, -0.1) is 0 Å². The highest BCUT2D eigenvalue weighted by atomic mass is 79.9. The summed E-state index contributed by atoms with van der Waals surface area (Å²) in [7, 11) is 1.52. The van der Waals surface area contributed by atoms with E-state index in [4.69, 9.17) is 9.47 Å². The van der Waals surface area contributed by atoms with Crippen LogP contribution >= 0.6 is 15.9 Å². The summed E-state index contributed by atoms with van der Waals surface area (Å²) in [6.45, 7) is -3.15. The summed E-state index contributed by atoms with van der Waals surface area (Å²) in [5.41, 5.74) is 1.37. The summed E-state index contributed by atoms with van der Waals surface area (Å²) >= 11 is 3.34. The molecule has 1 heterocycles. The molecule has 0 fully saturated rings. The SMILES string of the molecule is COc1ccc(Br)cc1/C=C/C(=O)OCc1nc2ccccc2n1C(F)F. The van der Waals surface area contributed by atoms with E-state index in [1.807, 2.05) is 6.07 Å². The van der Waals surface area contributed by atoms with Gasteiger partial charge in [0.25, 0.3) is 0 Å². The van der Waals surface area contributed by atoms with Crippen LogP contribution in [0, 0.1) is 0 Å². The Morgan fingerprint density at radius 3 is 2.81 bits per heavy atom. The minimum Gasteiger partial charge on any atom is -0.496 e. The lowest BCUT2D eigenvalue weighted by molar-refractivity contribution is -0.139. The van der Waals surface area contributed by atoms with Crippen LogP contribution in [0.4, 0.5) is 8.78 Å². The van der Waals surface area contributed by atoms with Crippen LogP contribution in [0.25, 0.3) is 17.1 Å². The fraction of sp³-hybridized carbons (Fsp3) is 0.158. The van der Waals surface area contributed by atoms with Crippen molar-refractivity contribution >= 4 is 39.0 Å². The van der Waals surface area contributed by atoms with Crippen molar-refractivity contribution in [3.63, 3.8) is 0 Å². The number of esters is 1. The maximum Gasteiger partial charge on any atom is 0.331 e. The fourth-order valence-electron chi connectivity index (χ4n) is 2.59. The van der Waals surface area contributed by atoms with Gasteiger partial charge >= 0.3 is 12.5 Å². The first-order chi connectivity index (χ1) is 13.0. The normalized spacial score (nSPS) is 11.4. The maximum absolute atomic E-state index is 13.4. The van der Waals surface area contributed by atoms with E-state index in [9.17, 15) is 13.6 Å². The molecule has 1 aromatic heterocycles. The molecule has 0 aliphatic rings. The molecule has 0 amide bonds. The lowest BCUT2D eigenvalue weighted by Gasteiger charge is -2.08. The average Bonchev–Trinajstić information content (AvgIpc) is 3.03. The number of para-hydroxylation sites is 2. The van der Waals surface area contributed by atoms with Crippen molar-refractivity contribution in [2.45, 2.75) is 13.2 Å². The molecule has 0 saturated heterocycles. The van der Waals surface area contributed by atoms with Crippen molar-refractivity contribution < 1.29 is 23.0 Å². The first-order valence-electron chi connectivity index (χ1n) is 7.92. The summed E-state index contributed by atoms with van der Waals surface area (Å²) in [4.78, 5) is 16.1. The molecule has 3 aromatic rings. The van der Waals surface area contributed by atoms with Crippen LogP contribution in [-0.4, -0.2) is 22.6 Å². The van der Waals surface area contributed by atoms with Crippen LogP contribution in [-0.2, 0) is 16.1 Å². The van der Waals surface area contributed by atoms with Crippen molar-refractivity contribution in [3.05, 3.63) is 64.4 Å². The van der Waals surface area contributed by atoms with Gasteiger partial charge in [0.15, 0.2) is 5.82 Å². The molecule has 27 heavy (non-hydrogen) atoms. The van der Waals surface area contributed by atoms with Gasteiger partial charge in [-0.2, -0.15) is 8.78 Å². The first-order valence-corrected chi connectivity index (χ1v) is 8.71. The summed E-state index contributed by atoms with van der Waals surface area (Å²) in [5, 5.41) is 0. The van der Waals surface area contributed by atoms with Crippen molar-refractivity contribution in [3.8, 4) is 5.75 Å². The third kappa shape index (κ3) is 4.33. The number of benzene rings is 2. The highest BCUT2D eigenvalue weighted by Gasteiger charge is 2.18. The molecule has 0 aliphatic heterocycles. The molecule has 3 rings (SSSR count). The number of aromatic nitrogens is 2. The zero-order chi connectivity index (χ0) is 19.4. The molecule has 0 aliphatic carbocycles. The van der Waals surface area contributed by atoms with Crippen LogP contribution < -0.4 is 4.74 Å². The minimum atomic E-state index is -2.78. The third-order valence-corrected chi connectivity index (χ3v) is 4.29.